The first-order valence-corrected chi connectivity index (χ1v) is 14.4. The van der Waals surface area contributed by atoms with Gasteiger partial charge in [-0.1, -0.05) is 61.9 Å². The second-order valence-electron chi connectivity index (χ2n) is 9.93. The highest BCUT2D eigenvalue weighted by atomic mass is 32.2. The molecule has 1 amide bonds. The molecular weight excluding hydrogens is 506 g/mol. The lowest BCUT2D eigenvalue weighted by atomic mass is 10.1. The van der Waals surface area contributed by atoms with E-state index in [1.165, 1.54) is 12.1 Å². The number of benzene rings is 2. The Morgan fingerprint density at radius 3 is 2.24 bits per heavy atom. The van der Waals surface area contributed by atoms with E-state index < -0.39 is 40.1 Å². The SMILES string of the molecule is Cc1ccc(S(=O)(=O)N(C(=O)[C@@H](N)[C@@H](C)OCc2ccccc2)[C@@H](CCCCNCC(C)C)C(=O)O)cc1. The minimum absolute atomic E-state index is 0.0402. The Morgan fingerprint density at radius 1 is 1.03 bits per heavy atom. The van der Waals surface area contributed by atoms with E-state index in [0.717, 1.165) is 17.7 Å². The fraction of sp³-hybridized carbons (Fsp3) is 0.500. The van der Waals surface area contributed by atoms with Gasteiger partial charge in [0, 0.05) is 0 Å². The van der Waals surface area contributed by atoms with Crippen LogP contribution in [0.4, 0.5) is 0 Å². The predicted octanol–water partition coefficient (Wildman–Crippen LogP) is 3.31. The third-order valence-electron chi connectivity index (χ3n) is 6.14. The maximum atomic E-state index is 13.7. The van der Waals surface area contributed by atoms with E-state index in [4.69, 9.17) is 10.5 Å². The molecule has 0 aliphatic heterocycles. The summed E-state index contributed by atoms with van der Waals surface area (Å²) in [7, 11) is -4.51. The third-order valence-corrected chi connectivity index (χ3v) is 7.96. The molecule has 0 fully saturated rings. The van der Waals surface area contributed by atoms with Gasteiger partial charge in [-0.3, -0.25) is 4.79 Å². The highest BCUT2D eigenvalue weighted by molar-refractivity contribution is 7.89. The highest BCUT2D eigenvalue weighted by Gasteiger charge is 2.42. The number of hydrogen-bond acceptors (Lipinski definition) is 7. The maximum Gasteiger partial charge on any atom is 0.327 e. The van der Waals surface area contributed by atoms with Crippen LogP contribution in [0, 0.1) is 12.8 Å². The van der Waals surface area contributed by atoms with E-state index in [1.807, 2.05) is 30.3 Å². The topological polar surface area (TPSA) is 139 Å². The molecule has 0 aliphatic rings. The summed E-state index contributed by atoms with van der Waals surface area (Å²) in [5.41, 5.74) is 7.88. The van der Waals surface area contributed by atoms with Crippen LogP contribution in [-0.2, 0) is 31.0 Å². The van der Waals surface area contributed by atoms with Crippen LogP contribution < -0.4 is 11.1 Å². The highest BCUT2D eigenvalue weighted by Crippen LogP contribution is 2.24. The van der Waals surface area contributed by atoms with Gasteiger partial charge in [0.05, 0.1) is 17.6 Å². The second kappa shape index (κ2) is 15.0. The Morgan fingerprint density at radius 2 is 1.66 bits per heavy atom. The summed E-state index contributed by atoms with van der Waals surface area (Å²) < 4.78 is 33.6. The third kappa shape index (κ3) is 9.20. The predicted molar refractivity (Wildman–Crippen MR) is 147 cm³/mol. The number of nitrogens with zero attached hydrogens (tertiary/aromatic N) is 1. The molecule has 10 heteroatoms. The first kappa shape index (κ1) is 31.4. The van der Waals surface area contributed by atoms with E-state index in [9.17, 15) is 23.1 Å². The summed E-state index contributed by atoms with van der Waals surface area (Å²) in [5, 5.41) is 13.3. The van der Waals surface area contributed by atoms with Crippen LogP contribution in [0.2, 0.25) is 0 Å². The zero-order valence-electron chi connectivity index (χ0n) is 22.7. The molecule has 2 aromatic rings. The molecule has 4 N–H and O–H groups in total. The lowest BCUT2D eigenvalue weighted by Crippen LogP contribution is -2.57. The van der Waals surface area contributed by atoms with Gasteiger partial charge in [-0.2, -0.15) is 0 Å². The molecule has 0 saturated heterocycles. The number of rotatable bonds is 16. The number of carboxylic acid groups (broad SMARTS) is 1. The van der Waals surface area contributed by atoms with Crippen molar-refractivity contribution in [3.8, 4) is 0 Å². The second-order valence-corrected chi connectivity index (χ2v) is 11.7. The quantitative estimate of drug-likeness (QED) is 0.272. The van der Waals surface area contributed by atoms with Crippen molar-refractivity contribution in [2.24, 2.45) is 11.7 Å². The van der Waals surface area contributed by atoms with Gasteiger partial charge in [-0.05, 0) is 69.8 Å². The Hall–Kier alpha value is -2.79. The zero-order valence-corrected chi connectivity index (χ0v) is 23.5. The molecule has 0 unspecified atom stereocenters. The number of nitrogens with two attached hydrogens (primary N) is 1. The van der Waals surface area contributed by atoms with Crippen molar-refractivity contribution in [1.82, 2.24) is 9.62 Å². The summed E-state index contributed by atoms with van der Waals surface area (Å²) in [4.78, 5) is 25.8. The van der Waals surface area contributed by atoms with Gasteiger partial charge < -0.3 is 20.9 Å². The Balaban J connectivity index is 2.28. The van der Waals surface area contributed by atoms with Gasteiger partial charge in [-0.15, -0.1) is 0 Å². The first-order chi connectivity index (χ1) is 17.9. The van der Waals surface area contributed by atoms with Crippen LogP contribution in [-0.4, -0.2) is 61.0 Å². The van der Waals surface area contributed by atoms with E-state index in [2.05, 4.69) is 19.2 Å². The van der Waals surface area contributed by atoms with Crippen LogP contribution in [0.5, 0.6) is 0 Å². The number of aliphatic carboxylic acids is 1. The molecule has 38 heavy (non-hydrogen) atoms. The molecule has 0 radical (unpaired) electrons. The molecule has 3 atom stereocenters. The summed E-state index contributed by atoms with van der Waals surface area (Å²) in [6.07, 6.45) is 0.130. The number of carbonyl (C=O) groups excluding carboxylic acids is 1. The first-order valence-electron chi connectivity index (χ1n) is 12.9. The minimum atomic E-state index is -4.51. The van der Waals surface area contributed by atoms with Crippen molar-refractivity contribution in [2.45, 2.75) is 76.6 Å². The number of carboxylic acids is 1. The molecular formula is C28H41N3O6S. The molecule has 2 rings (SSSR count). The number of aryl methyl sites for hydroxylation is 1. The van der Waals surface area contributed by atoms with Crippen molar-refractivity contribution in [3.63, 3.8) is 0 Å². The molecule has 210 valence electrons. The van der Waals surface area contributed by atoms with Gasteiger partial charge in [0.15, 0.2) is 0 Å². The maximum absolute atomic E-state index is 13.7. The lowest BCUT2D eigenvalue weighted by Gasteiger charge is -2.32. The number of carbonyl (C=O) groups is 2. The standard InChI is InChI=1S/C28H41N3O6S/c1-20(2)18-30-17-9-8-12-25(28(33)34)31(38(35,36)24-15-13-21(3)14-16-24)27(32)26(29)22(4)37-19-23-10-6-5-7-11-23/h5-7,10-11,13-16,20,22,25-26,30H,8-9,12,17-19,29H2,1-4H3,(H,33,34)/t22-,25+,26+/m1/s1. The van der Waals surface area contributed by atoms with Gasteiger partial charge in [0.1, 0.15) is 12.1 Å². The van der Waals surface area contributed by atoms with Crippen LogP contribution in [0.3, 0.4) is 0 Å². The molecule has 0 saturated carbocycles. The smallest absolute Gasteiger partial charge is 0.327 e. The Kier molecular flexibility index (Phi) is 12.4. The normalized spacial score (nSPS) is 14.2. The van der Waals surface area contributed by atoms with Gasteiger partial charge in [0.25, 0.3) is 15.9 Å². The van der Waals surface area contributed by atoms with Crippen LogP contribution >= 0.6 is 0 Å². The number of hydrogen-bond donors (Lipinski definition) is 3. The lowest BCUT2D eigenvalue weighted by molar-refractivity contribution is -0.148. The number of ether oxygens (including phenoxy) is 1. The van der Waals surface area contributed by atoms with Crippen molar-refractivity contribution in [3.05, 3.63) is 65.7 Å². The van der Waals surface area contributed by atoms with Crippen molar-refractivity contribution < 1.29 is 27.9 Å². The van der Waals surface area contributed by atoms with Crippen molar-refractivity contribution >= 4 is 21.9 Å². The van der Waals surface area contributed by atoms with E-state index in [1.54, 1.807) is 26.0 Å². The van der Waals surface area contributed by atoms with E-state index >= 15 is 0 Å². The molecule has 0 aromatic heterocycles. The van der Waals surface area contributed by atoms with Crippen molar-refractivity contribution in [2.75, 3.05) is 13.1 Å². The molecule has 9 nitrogen and oxygen atoms in total. The van der Waals surface area contributed by atoms with E-state index in [0.29, 0.717) is 29.6 Å². The summed E-state index contributed by atoms with van der Waals surface area (Å²) in [6.45, 7) is 9.19. The van der Waals surface area contributed by atoms with Crippen LogP contribution in [0.15, 0.2) is 59.5 Å². The molecule has 0 spiro atoms. The number of amides is 1. The number of sulfonamides is 1. The number of unbranched alkanes of at least 4 members (excludes halogenated alkanes) is 1. The summed E-state index contributed by atoms with van der Waals surface area (Å²) >= 11 is 0. The van der Waals surface area contributed by atoms with Gasteiger partial charge >= 0.3 is 5.97 Å². The average molecular weight is 548 g/mol. The minimum Gasteiger partial charge on any atom is -0.480 e. The van der Waals surface area contributed by atoms with Crippen LogP contribution in [0.1, 0.15) is 51.2 Å². The van der Waals surface area contributed by atoms with Crippen LogP contribution in [0.25, 0.3) is 0 Å². The number of nitrogens with one attached hydrogen (secondary N) is 1. The fourth-order valence-electron chi connectivity index (χ4n) is 3.84. The molecule has 2 aromatic carbocycles. The monoisotopic (exact) mass is 547 g/mol. The zero-order chi connectivity index (χ0) is 28.3. The van der Waals surface area contributed by atoms with Gasteiger partial charge in [-0.25, -0.2) is 17.5 Å². The van der Waals surface area contributed by atoms with Crippen molar-refractivity contribution in [1.29, 1.82) is 0 Å². The fourth-order valence-corrected chi connectivity index (χ4v) is 5.43. The largest absolute Gasteiger partial charge is 0.480 e. The van der Waals surface area contributed by atoms with Gasteiger partial charge in [0.2, 0.25) is 0 Å². The summed E-state index contributed by atoms with van der Waals surface area (Å²) in [5.74, 6) is -1.95. The molecule has 0 bridgehead atoms. The Labute approximate surface area is 226 Å². The molecule has 0 aliphatic carbocycles. The summed E-state index contributed by atoms with van der Waals surface area (Å²) in [6, 6.07) is 12.2. The average Bonchev–Trinajstić information content (AvgIpc) is 2.88. The van der Waals surface area contributed by atoms with E-state index in [-0.39, 0.29) is 17.9 Å². The molecule has 0 heterocycles. The Bertz CT molecular complexity index is 1120.